The number of benzene rings is 1. The average molecular weight is 295 g/mol. The van der Waals surface area contributed by atoms with Crippen molar-refractivity contribution >= 4 is 17.5 Å². The fraction of sp³-hybridized carbons (Fsp3) is 0.562. The zero-order valence-corrected chi connectivity index (χ0v) is 12.7. The molecule has 1 aromatic carbocycles. The Labute approximate surface area is 126 Å². The highest BCUT2D eigenvalue weighted by atomic mass is 35.5. The van der Waals surface area contributed by atoms with Gasteiger partial charge < -0.3 is 10.2 Å². The number of nitrogens with one attached hydrogen (secondary N) is 1. The number of halogens is 1. The highest BCUT2D eigenvalue weighted by Crippen LogP contribution is 2.11. The van der Waals surface area contributed by atoms with Crippen LogP contribution in [0.3, 0.4) is 0 Å². The van der Waals surface area contributed by atoms with Gasteiger partial charge in [0.15, 0.2) is 0 Å². The summed E-state index contributed by atoms with van der Waals surface area (Å²) >= 11 is 5.93. The molecule has 1 aliphatic rings. The highest BCUT2D eigenvalue weighted by molar-refractivity contribution is 6.30. The maximum Gasteiger partial charge on any atom is 0.221 e. The van der Waals surface area contributed by atoms with Crippen molar-refractivity contribution in [1.82, 2.24) is 10.2 Å². The Morgan fingerprint density at radius 2 is 2.05 bits per heavy atom. The van der Waals surface area contributed by atoms with E-state index in [1.165, 1.54) is 19.3 Å². The van der Waals surface area contributed by atoms with Crippen LogP contribution in [0, 0.1) is 0 Å². The van der Waals surface area contributed by atoms with Crippen molar-refractivity contribution in [2.75, 3.05) is 26.2 Å². The summed E-state index contributed by atoms with van der Waals surface area (Å²) in [6.07, 6.45) is 5.32. The van der Waals surface area contributed by atoms with Crippen molar-refractivity contribution in [1.29, 1.82) is 0 Å². The lowest BCUT2D eigenvalue weighted by molar-refractivity contribution is -0.121. The van der Waals surface area contributed by atoms with Gasteiger partial charge in [-0.3, -0.25) is 4.79 Å². The Hall–Kier alpha value is -1.06. The Morgan fingerprint density at radius 1 is 1.25 bits per heavy atom. The van der Waals surface area contributed by atoms with Crippen LogP contribution in [0.15, 0.2) is 24.3 Å². The summed E-state index contributed by atoms with van der Waals surface area (Å²) in [5.74, 6) is 0.151. The van der Waals surface area contributed by atoms with Gasteiger partial charge in [0.05, 0.1) is 0 Å². The minimum atomic E-state index is 0.151. The van der Waals surface area contributed by atoms with Crippen molar-refractivity contribution in [2.45, 2.75) is 32.1 Å². The molecule has 1 heterocycles. The molecule has 0 saturated carbocycles. The molecule has 2 rings (SSSR count). The number of amides is 1. The van der Waals surface area contributed by atoms with Crippen molar-refractivity contribution in [3.63, 3.8) is 0 Å². The van der Waals surface area contributed by atoms with Crippen LogP contribution in [0.5, 0.6) is 0 Å². The molecule has 0 aliphatic carbocycles. The monoisotopic (exact) mass is 294 g/mol. The van der Waals surface area contributed by atoms with E-state index in [4.69, 9.17) is 11.6 Å². The van der Waals surface area contributed by atoms with E-state index in [9.17, 15) is 4.79 Å². The van der Waals surface area contributed by atoms with Gasteiger partial charge in [-0.1, -0.05) is 30.2 Å². The van der Waals surface area contributed by atoms with Crippen LogP contribution in [0.4, 0.5) is 0 Å². The molecule has 0 atom stereocenters. The van der Waals surface area contributed by atoms with Crippen LogP contribution >= 0.6 is 11.6 Å². The van der Waals surface area contributed by atoms with E-state index in [-0.39, 0.29) is 5.91 Å². The van der Waals surface area contributed by atoms with Crippen molar-refractivity contribution in [2.24, 2.45) is 0 Å². The van der Waals surface area contributed by atoms with Gasteiger partial charge in [0.1, 0.15) is 0 Å². The minimum absolute atomic E-state index is 0.151. The second-order valence-corrected chi connectivity index (χ2v) is 5.82. The van der Waals surface area contributed by atoms with E-state index in [2.05, 4.69) is 10.2 Å². The lowest BCUT2D eigenvalue weighted by atomic mass is 10.1. The van der Waals surface area contributed by atoms with E-state index < -0.39 is 0 Å². The van der Waals surface area contributed by atoms with Gasteiger partial charge in [0, 0.05) is 24.5 Å². The largest absolute Gasteiger partial charge is 0.356 e. The topological polar surface area (TPSA) is 32.3 Å². The third kappa shape index (κ3) is 5.51. The fourth-order valence-corrected chi connectivity index (χ4v) is 2.78. The van der Waals surface area contributed by atoms with Gasteiger partial charge >= 0.3 is 0 Å². The standard InChI is InChI=1S/C16H23ClN2O/c17-15-6-4-5-14(13-15)7-9-18-16(20)8-12-19-10-2-1-3-11-19/h4-6,13H,1-3,7-12H2,(H,18,20). The van der Waals surface area contributed by atoms with Crippen molar-refractivity contribution in [3.05, 3.63) is 34.9 Å². The second-order valence-electron chi connectivity index (χ2n) is 5.38. The number of nitrogens with zero attached hydrogens (tertiary/aromatic N) is 1. The molecule has 20 heavy (non-hydrogen) atoms. The number of hydrogen-bond acceptors (Lipinski definition) is 2. The molecule has 0 bridgehead atoms. The first-order valence-electron chi connectivity index (χ1n) is 7.47. The molecule has 1 fully saturated rings. The smallest absolute Gasteiger partial charge is 0.221 e. The van der Waals surface area contributed by atoms with Crippen molar-refractivity contribution < 1.29 is 4.79 Å². The first-order valence-corrected chi connectivity index (χ1v) is 7.85. The summed E-state index contributed by atoms with van der Waals surface area (Å²) in [5.41, 5.74) is 1.16. The number of carbonyl (C=O) groups is 1. The zero-order valence-electron chi connectivity index (χ0n) is 11.9. The first-order chi connectivity index (χ1) is 9.74. The highest BCUT2D eigenvalue weighted by Gasteiger charge is 2.11. The van der Waals surface area contributed by atoms with Gasteiger partial charge in [0.25, 0.3) is 0 Å². The molecule has 0 spiro atoms. The fourth-order valence-electron chi connectivity index (χ4n) is 2.57. The molecule has 1 saturated heterocycles. The predicted molar refractivity (Wildman–Crippen MR) is 83.1 cm³/mol. The molecule has 1 amide bonds. The van der Waals surface area contributed by atoms with E-state index in [1.807, 2.05) is 24.3 Å². The number of hydrogen-bond donors (Lipinski definition) is 1. The molecule has 1 aliphatic heterocycles. The van der Waals surface area contributed by atoms with Crippen LogP contribution in [0.25, 0.3) is 0 Å². The van der Waals surface area contributed by atoms with Gasteiger partial charge in [-0.25, -0.2) is 0 Å². The Balaban J connectivity index is 1.60. The molecule has 1 N–H and O–H groups in total. The summed E-state index contributed by atoms with van der Waals surface area (Å²) in [4.78, 5) is 14.2. The average Bonchev–Trinajstić information content (AvgIpc) is 2.46. The quantitative estimate of drug-likeness (QED) is 0.875. The van der Waals surface area contributed by atoms with Crippen LogP contribution in [0.2, 0.25) is 5.02 Å². The molecule has 110 valence electrons. The number of carbonyl (C=O) groups excluding carboxylic acids is 1. The molecule has 0 radical (unpaired) electrons. The summed E-state index contributed by atoms with van der Waals surface area (Å²) in [6.45, 7) is 3.87. The van der Waals surface area contributed by atoms with Crippen molar-refractivity contribution in [3.8, 4) is 0 Å². The summed E-state index contributed by atoms with van der Waals surface area (Å²) in [6, 6.07) is 7.78. The Morgan fingerprint density at radius 3 is 2.80 bits per heavy atom. The molecular formula is C16H23ClN2O. The molecule has 3 nitrogen and oxygen atoms in total. The van der Waals surface area contributed by atoms with Crippen LogP contribution in [-0.2, 0) is 11.2 Å². The van der Waals surface area contributed by atoms with E-state index in [0.29, 0.717) is 13.0 Å². The Kier molecular flexibility index (Phi) is 6.34. The lowest BCUT2D eigenvalue weighted by Gasteiger charge is -2.25. The van der Waals surface area contributed by atoms with Gasteiger partial charge in [0.2, 0.25) is 5.91 Å². The minimum Gasteiger partial charge on any atom is -0.356 e. The number of rotatable bonds is 6. The SMILES string of the molecule is O=C(CCN1CCCCC1)NCCc1cccc(Cl)c1. The third-order valence-corrected chi connectivity index (χ3v) is 3.96. The molecule has 0 unspecified atom stereocenters. The van der Waals surface area contributed by atoms with Crippen LogP contribution < -0.4 is 5.32 Å². The molecule has 1 aromatic rings. The maximum atomic E-state index is 11.8. The van der Waals surface area contributed by atoms with Crippen LogP contribution in [-0.4, -0.2) is 37.0 Å². The molecule has 0 aromatic heterocycles. The maximum absolute atomic E-state index is 11.8. The van der Waals surface area contributed by atoms with Gasteiger partial charge in [-0.2, -0.15) is 0 Å². The van der Waals surface area contributed by atoms with Gasteiger partial charge in [-0.15, -0.1) is 0 Å². The first kappa shape index (κ1) is 15.3. The summed E-state index contributed by atoms with van der Waals surface area (Å²) in [7, 11) is 0. The summed E-state index contributed by atoms with van der Waals surface area (Å²) < 4.78 is 0. The number of piperidine rings is 1. The van der Waals surface area contributed by atoms with Crippen LogP contribution in [0.1, 0.15) is 31.2 Å². The summed E-state index contributed by atoms with van der Waals surface area (Å²) in [5, 5.41) is 3.73. The predicted octanol–water partition coefficient (Wildman–Crippen LogP) is 2.87. The lowest BCUT2D eigenvalue weighted by Crippen LogP contribution is -2.34. The van der Waals surface area contributed by atoms with E-state index >= 15 is 0 Å². The van der Waals surface area contributed by atoms with E-state index in [1.54, 1.807) is 0 Å². The Bertz CT molecular complexity index is 430. The van der Waals surface area contributed by atoms with Gasteiger partial charge in [-0.05, 0) is 50.0 Å². The number of likely N-dealkylation sites (tertiary alicyclic amines) is 1. The second kappa shape index (κ2) is 8.28. The molecular weight excluding hydrogens is 272 g/mol. The zero-order chi connectivity index (χ0) is 14.2. The normalized spacial score (nSPS) is 16.1. The molecule has 4 heteroatoms. The third-order valence-electron chi connectivity index (χ3n) is 3.73. The van der Waals surface area contributed by atoms with E-state index in [0.717, 1.165) is 36.6 Å².